The van der Waals surface area contributed by atoms with Crippen molar-refractivity contribution in [1.82, 2.24) is 4.90 Å². The summed E-state index contributed by atoms with van der Waals surface area (Å²) in [6, 6.07) is 13.3. The number of fused-ring (bicyclic) bond motifs is 4. The van der Waals surface area contributed by atoms with Gasteiger partial charge in [-0.25, -0.2) is 9.59 Å². The Kier molecular flexibility index (Phi) is 7.02. The smallest absolute Gasteiger partial charge is 0.347 e. The van der Waals surface area contributed by atoms with Crippen LogP contribution in [0.25, 0.3) is 64.6 Å². The van der Waals surface area contributed by atoms with E-state index in [0.29, 0.717) is 27.3 Å². The molecule has 0 saturated heterocycles. The van der Waals surface area contributed by atoms with Crippen LogP contribution in [0, 0.1) is 0 Å². The number of furan rings is 1. The summed E-state index contributed by atoms with van der Waals surface area (Å²) in [6.07, 6.45) is 10.1. The number of hydrogen-bond acceptors (Lipinski definition) is 5. The van der Waals surface area contributed by atoms with Gasteiger partial charge >= 0.3 is 11.3 Å². The maximum absolute atomic E-state index is 14.7. The Morgan fingerprint density at radius 3 is 1.80 bits per heavy atom. The average Bonchev–Trinajstić information content (AvgIpc) is 3.36. The van der Waals surface area contributed by atoms with E-state index in [4.69, 9.17) is 4.42 Å². The van der Waals surface area contributed by atoms with E-state index in [1.165, 1.54) is 4.90 Å². The highest BCUT2D eigenvalue weighted by molar-refractivity contribution is 9.10. The fourth-order valence-corrected chi connectivity index (χ4v) is 8.74. The van der Waals surface area contributed by atoms with E-state index in [9.17, 15) is 19.2 Å². The molecule has 46 heavy (non-hydrogen) atoms. The first-order chi connectivity index (χ1) is 22.4. The van der Waals surface area contributed by atoms with E-state index in [1.54, 1.807) is 6.07 Å². The van der Waals surface area contributed by atoms with Crippen molar-refractivity contribution >= 4 is 92.4 Å². The van der Waals surface area contributed by atoms with E-state index in [-0.39, 0.29) is 28.6 Å². The van der Waals surface area contributed by atoms with Crippen LogP contribution in [0.5, 0.6) is 0 Å². The topological polar surface area (TPSA) is 84.7 Å². The minimum Gasteiger partial charge on any atom is -0.386 e. The normalized spacial score (nSPS) is 14.0. The summed E-state index contributed by atoms with van der Waals surface area (Å²) in [5.41, 5.74) is -0.449. The second-order valence-corrected chi connectivity index (χ2v) is 13.9. The van der Waals surface area contributed by atoms with Gasteiger partial charge in [0, 0.05) is 27.0 Å². The molecule has 0 fully saturated rings. The molecule has 1 aliphatic rings. The average molecular weight is 677 g/mol. The Hall–Kier alpha value is -4.10. The maximum atomic E-state index is 14.7. The van der Waals surface area contributed by atoms with E-state index >= 15 is 0 Å². The van der Waals surface area contributed by atoms with Crippen LogP contribution in [-0.2, 0) is 0 Å². The van der Waals surface area contributed by atoms with Crippen LogP contribution in [0.15, 0.2) is 60.9 Å². The summed E-state index contributed by atoms with van der Waals surface area (Å²) < 4.78 is 6.13. The number of carbonyl (C=O) groups excluding carboxylic acids is 2. The van der Waals surface area contributed by atoms with Gasteiger partial charge in [-0.1, -0.05) is 105 Å². The van der Waals surface area contributed by atoms with Gasteiger partial charge in [0.05, 0.1) is 10.8 Å². The van der Waals surface area contributed by atoms with Gasteiger partial charge in [-0.15, -0.1) is 0 Å². The molecule has 0 saturated carbocycles. The molecule has 0 unspecified atom stereocenters. The highest BCUT2D eigenvalue weighted by Gasteiger charge is 2.39. The number of hydrogen-bond donors (Lipinski definition) is 0. The van der Waals surface area contributed by atoms with E-state index in [0.717, 1.165) is 106 Å². The predicted molar refractivity (Wildman–Crippen MR) is 189 cm³/mol. The molecule has 0 radical (unpaired) electrons. The van der Waals surface area contributed by atoms with Gasteiger partial charge in [0.2, 0.25) is 0 Å². The molecule has 0 spiro atoms. The summed E-state index contributed by atoms with van der Waals surface area (Å²) in [7, 11) is 0. The standard InChI is InChI=1S/C39H34BrNO5/c1-3-5-7-9-11-20(12-10-8-6-4-2)41-36(42)25-16-13-22-21-17-18-28(40)23-14-15-24-32(29(21)23)33-26(35-34(24)38(44)46-39(35)45)19-27(37(41)43)30(25)31(22)33/h13-20H,3-12H2,1-2H3. The van der Waals surface area contributed by atoms with Crippen LogP contribution in [0.2, 0.25) is 0 Å². The molecular formula is C39H34BrNO5. The second kappa shape index (κ2) is 11.0. The first-order valence-electron chi connectivity index (χ1n) is 16.7. The molecule has 0 aliphatic carbocycles. The van der Waals surface area contributed by atoms with E-state index in [1.807, 2.05) is 36.4 Å². The Morgan fingerprint density at radius 1 is 0.565 bits per heavy atom. The molecule has 2 amide bonds. The van der Waals surface area contributed by atoms with Gasteiger partial charge in [0.25, 0.3) is 11.8 Å². The molecule has 6 nitrogen and oxygen atoms in total. The molecule has 0 atom stereocenters. The fraction of sp³-hybridized carbons (Fsp3) is 0.333. The van der Waals surface area contributed by atoms with Crippen molar-refractivity contribution in [1.29, 1.82) is 0 Å². The monoisotopic (exact) mass is 675 g/mol. The van der Waals surface area contributed by atoms with E-state index in [2.05, 4.69) is 29.8 Å². The number of halogens is 1. The molecule has 2 heterocycles. The van der Waals surface area contributed by atoms with Gasteiger partial charge in [-0.05, 0) is 79.5 Å². The van der Waals surface area contributed by atoms with Crippen LogP contribution in [0.1, 0.15) is 98.8 Å². The Balaban J connectivity index is 1.44. The number of benzene rings is 6. The van der Waals surface area contributed by atoms with Crippen LogP contribution < -0.4 is 11.3 Å². The van der Waals surface area contributed by atoms with Crippen LogP contribution in [-0.4, -0.2) is 22.8 Å². The first-order valence-corrected chi connectivity index (χ1v) is 17.5. The van der Waals surface area contributed by atoms with Gasteiger partial charge in [0.15, 0.2) is 0 Å². The van der Waals surface area contributed by atoms with Crippen molar-refractivity contribution in [3.05, 3.63) is 78.9 Å². The highest BCUT2D eigenvalue weighted by Crippen LogP contribution is 2.50. The Labute approximate surface area is 273 Å². The van der Waals surface area contributed by atoms with Crippen molar-refractivity contribution in [2.24, 2.45) is 0 Å². The summed E-state index contributed by atoms with van der Waals surface area (Å²) in [5.74, 6) is -0.565. The molecule has 6 aromatic carbocycles. The molecule has 1 aliphatic heterocycles. The number of carbonyl (C=O) groups is 2. The highest BCUT2D eigenvalue weighted by atomic mass is 79.9. The van der Waals surface area contributed by atoms with Crippen molar-refractivity contribution in [2.75, 3.05) is 0 Å². The molecular weight excluding hydrogens is 642 g/mol. The zero-order chi connectivity index (χ0) is 31.9. The van der Waals surface area contributed by atoms with Crippen molar-refractivity contribution in [3.8, 4) is 0 Å². The molecule has 0 N–H and O–H groups in total. The summed E-state index contributed by atoms with van der Waals surface area (Å²) in [4.78, 5) is 57.2. The molecule has 8 rings (SSSR count). The van der Waals surface area contributed by atoms with Gasteiger partial charge in [-0.2, -0.15) is 0 Å². The lowest BCUT2D eigenvalue weighted by molar-refractivity contribution is 0.0517. The third kappa shape index (κ3) is 4.00. The molecule has 7 aromatic rings. The molecule has 0 bridgehead atoms. The lowest BCUT2D eigenvalue weighted by Gasteiger charge is -2.35. The first kappa shape index (κ1) is 29.3. The number of rotatable bonds is 11. The predicted octanol–water partition coefficient (Wildman–Crippen LogP) is 9.90. The van der Waals surface area contributed by atoms with Crippen molar-refractivity contribution in [2.45, 2.75) is 84.1 Å². The minimum atomic E-state index is -0.702. The number of unbranched alkanes of at least 4 members (excludes halogenated alkanes) is 6. The number of nitrogens with zero attached hydrogens (tertiary/aromatic N) is 1. The van der Waals surface area contributed by atoms with Crippen LogP contribution >= 0.6 is 15.9 Å². The molecule has 1 aromatic heterocycles. The zero-order valence-corrected chi connectivity index (χ0v) is 27.6. The van der Waals surface area contributed by atoms with E-state index < -0.39 is 11.3 Å². The minimum absolute atomic E-state index is 0.201. The maximum Gasteiger partial charge on any atom is 0.347 e. The molecule has 232 valence electrons. The fourth-order valence-electron chi connectivity index (χ4n) is 8.28. The van der Waals surface area contributed by atoms with Gasteiger partial charge in [-0.3, -0.25) is 14.5 Å². The third-order valence-electron chi connectivity index (χ3n) is 10.4. The van der Waals surface area contributed by atoms with Crippen LogP contribution in [0.3, 0.4) is 0 Å². The quantitative estimate of drug-likeness (QED) is 0.0590. The SMILES string of the molecule is CCCCCCC(CCCCCC)N1C(=O)c2ccc3c4ccc(Br)c5ccc6c7c(=O)oc(=O)c7c7cc(c2c3c7c6c54)C1=O. The van der Waals surface area contributed by atoms with Crippen molar-refractivity contribution in [3.63, 3.8) is 0 Å². The van der Waals surface area contributed by atoms with Gasteiger partial charge in [0.1, 0.15) is 0 Å². The second-order valence-electron chi connectivity index (χ2n) is 13.0. The largest absolute Gasteiger partial charge is 0.386 e. The lowest BCUT2D eigenvalue weighted by atomic mass is 9.80. The number of amides is 2. The van der Waals surface area contributed by atoms with Crippen molar-refractivity contribution < 1.29 is 14.0 Å². The summed E-state index contributed by atoms with van der Waals surface area (Å²) in [6.45, 7) is 4.35. The molecule has 7 heteroatoms. The van der Waals surface area contributed by atoms with Gasteiger partial charge < -0.3 is 4.42 Å². The summed E-state index contributed by atoms with van der Waals surface area (Å²) >= 11 is 3.71. The third-order valence-corrected chi connectivity index (χ3v) is 11.1. The lowest BCUT2D eigenvalue weighted by Crippen LogP contribution is -2.47. The number of imide groups is 1. The Bertz CT molecular complexity index is 2450. The zero-order valence-electron chi connectivity index (χ0n) is 26.1. The Morgan fingerprint density at radius 2 is 1.11 bits per heavy atom. The van der Waals surface area contributed by atoms with Crippen LogP contribution in [0.4, 0.5) is 0 Å². The summed E-state index contributed by atoms with van der Waals surface area (Å²) in [5, 5.41) is 8.50.